The first kappa shape index (κ1) is 23.7. The number of thiocarbonyl (C=S) groups is 1. The number of aromatic nitrogens is 2. The normalized spacial score (nSPS) is 15.7. The highest BCUT2D eigenvalue weighted by Gasteiger charge is 2.41. The van der Waals surface area contributed by atoms with Gasteiger partial charge >= 0.3 is 11.9 Å². The number of aliphatic carboxylic acids is 2. The highest BCUT2D eigenvalue weighted by atomic mass is 35.5. The van der Waals surface area contributed by atoms with Gasteiger partial charge in [0.1, 0.15) is 10.4 Å². The second kappa shape index (κ2) is 9.80. The molecule has 3 aromatic rings. The molecule has 1 aliphatic heterocycles. The Morgan fingerprint density at radius 3 is 2.41 bits per heavy atom. The van der Waals surface area contributed by atoms with Crippen molar-refractivity contribution in [2.75, 3.05) is 0 Å². The van der Waals surface area contributed by atoms with E-state index in [0.29, 0.717) is 16.3 Å². The van der Waals surface area contributed by atoms with Gasteiger partial charge in [-0.15, -0.1) is 0 Å². The molecule has 8 nitrogen and oxygen atoms in total. The molecule has 0 aliphatic carbocycles. The Hall–Kier alpha value is -3.47. The molecule has 0 bridgehead atoms. The summed E-state index contributed by atoms with van der Waals surface area (Å²) in [6, 6.07) is 14.9. The van der Waals surface area contributed by atoms with E-state index in [2.05, 4.69) is 5.10 Å². The van der Waals surface area contributed by atoms with Crippen LogP contribution < -0.4 is 0 Å². The van der Waals surface area contributed by atoms with Gasteiger partial charge in [-0.05, 0) is 30.3 Å². The molecule has 4 rings (SSSR count). The van der Waals surface area contributed by atoms with Crippen molar-refractivity contribution in [1.82, 2.24) is 14.7 Å². The second-order valence-electron chi connectivity index (χ2n) is 7.22. The van der Waals surface area contributed by atoms with Crippen molar-refractivity contribution < 1.29 is 24.6 Å². The second-order valence-corrected chi connectivity index (χ2v) is 9.34. The number of thioether (sulfide) groups is 1. The van der Waals surface area contributed by atoms with Crippen LogP contribution in [-0.4, -0.2) is 53.1 Å². The van der Waals surface area contributed by atoms with Crippen LogP contribution in [0, 0.1) is 0 Å². The lowest BCUT2D eigenvalue weighted by Crippen LogP contribution is -2.45. The maximum Gasteiger partial charge on any atom is 0.327 e. The minimum atomic E-state index is -1.60. The average Bonchev–Trinajstić information content (AvgIpc) is 3.34. The summed E-state index contributed by atoms with van der Waals surface area (Å²) in [6.07, 6.45) is 2.56. The van der Waals surface area contributed by atoms with Crippen LogP contribution in [0.3, 0.4) is 0 Å². The molecule has 172 valence electrons. The number of hydrogen-bond donors (Lipinski definition) is 2. The number of amides is 1. The minimum absolute atomic E-state index is 0.0200. The first-order valence-corrected chi connectivity index (χ1v) is 11.5. The van der Waals surface area contributed by atoms with Crippen molar-refractivity contribution in [1.29, 1.82) is 0 Å². The van der Waals surface area contributed by atoms with Crippen molar-refractivity contribution in [3.63, 3.8) is 0 Å². The summed E-state index contributed by atoms with van der Waals surface area (Å²) < 4.78 is 1.65. The van der Waals surface area contributed by atoms with E-state index in [-0.39, 0.29) is 9.23 Å². The maximum atomic E-state index is 13.1. The standard InChI is InChI=1S/C23H16ClN3O5S2/c24-15-8-6-13(7-9-15)20-14(12-26(25-20)16-4-2-1-3-5-16)10-18-21(30)27(23(33)34-18)17(22(31)32)11-19(28)29/h1-10,12,17H,11H2,(H,28,29)(H,31,32)/b18-10+/t17-/m1/s1. The molecule has 1 amide bonds. The molecule has 0 spiro atoms. The zero-order valence-electron chi connectivity index (χ0n) is 17.3. The van der Waals surface area contributed by atoms with Gasteiger partial charge in [-0.2, -0.15) is 5.10 Å². The smallest absolute Gasteiger partial charge is 0.327 e. The number of benzene rings is 2. The van der Waals surface area contributed by atoms with Gasteiger partial charge in [-0.3, -0.25) is 14.5 Å². The van der Waals surface area contributed by atoms with Crippen LogP contribution in [0.15, 0.2) is 65.7 Å². The number of carbonyl (C=O) groups excluding carboxylic acids is 1. The lowest BCUT2D eigenvalue weighted by molar-refractivity contribution is -0.150. The van der Waals surface area contributed by atoms with Crippen molar-refractivity contribution in [3.05, 3.63) is 76.3 Å². The summed E-state index contributed by atoms with van der Waals surface area (Å²) in [5, 5.41) is 23.8. The van der Waals surface area contributed by atoms with Gasteiger partial charge in [0.25, 0.3) is 5.91 Å². The predicted molar refractivity (Wildman–Crippen MR) is 133 cm³/mol. The molecule has 2 heterocycles. The van der Waals surface area contributed by atoms with Crippen LogP contribution in [0.25, 0.3) is 23.0 Å². The van der Waals surface area contributed by atoms with E-state index in [1.54, 1.807) is 41.2 Å². The molecule has 1 atom stereocenters. The molecule has 0 radical (unpaired) electrons. The van der Waals surface area contributed by atoms with E-state index in [4.69, 9.17) is 28.9 Å². The Morgan fingerprint density at radius 2 is 1.79 bits per heavy atom. The third kappa shape index (κ3) is 4.89. The molecule has 1 aliphatic rings. The largest absolute Gasteiger partial charge is 0.481 e. The SMILES string of the molecule is O=C(O)C[C@H](C(=O)O)N1C(=O)/C(=C\c2cn(-c3ccccc3)nc2-c2ccc(Cl)cc2)SC1=S. The number of carboxylic acids is 2. The Balaban J connectivity index is 1.77. The summed E-state index contributed by atoms with van der Waals surface area (Å²) in [4.78, 5) is 36.8. The van der Waals surface area contributed by atoms with Crippen LogP contribution >= 0.6 is 35.6 Å². The zero-order chi connectivity index (χ0) is 24.4. The summed E-state index contributed by atoms with van der Waals surface area (Å²) >= 11 is 12.2. The molecular formula is C23H16ClN3O5S2. The number of para-hydroxylation sites is 1. The number of carboxylic acid groups (broad SMARTS) is 2. The number of rotatable bonds is 7. The number of halogens is 1. The fourth-order valence-electron chi connectivity index (χ4n) is 3.38. The lowest BCUT2D eigenvalue weighted by atomic mass is 10.1. The van der Waals surface area contributed by atoms with Gasteiger partial charge < -0.3 is 10.2 Å². The summed E-state index contributed by atoms with van der Waals surface area (Å²) in [5.74, 6) is -3.46. The third-order valence-corrected chi connectivity index (χ3v) is 6.54. The maximum absolute atomic E-state index is 13.1. The summed E-state index contributed by atoms with van der Waals surface area (Å²) in [6.45, 7) is 0. The Bertz CT molecular complexity index is 1320. The van der Waals surface area contributed by atoms with Crippen molar-refractivity contribution in [2.45, 2.75) is 12.5 Å². The molecule has 0 saturated carbocycles. The lowest BCUT2D eigenvalue weighted by Gasteiger charge is -2.21. The molecule has 0 unspecified atom stereocenters. The van der Waals surface area contributed by atoms with E-state index in [0.717, 1.165) is 27.9 Å². The molecule has 34 heavy (non-hydrogen) atoms. The fraction of sp³-hybridized carbons (Fsp3) is 0.0870. The topological polar surface area (TPSA) is 113 Å². The van der Waals surface area contributed by atoms with E-state index in [9.17, 15) is 19.5 Å². The van der Waals surface area contributed by atoms with Crippen molar-refractivity contribution in [2.24, 2.45) is 0 Å². The van der Waals surface area contributed by atoms with Crippen LogP contribution in [-0.2, 0) is 14.4 Å². The Kier molecular flexibility index (Phi) is 6.82. The minimum Gasteiger partial charge on any atom is -0.481 e. The van der Waals surface area contributed by atoms with Gasteiger partial charge in [-0.1, -0.05) is 65.9 Å². The van der Waals surface area contributed by atoms with Crippen LogP contribution in [0.1, 0.15) is 12.0 Å². The third-order valence-electron chi connectivity index (χ3n) is 4.96. The molecule has 2 N–H and O–H groups in total. The number of hydrogen-bond acceptors (Lipinski definition) is 6. The molecule has 2 aromatic carbocycles. The molecule has 1 aromatic heterocycles. The van der Waals surface area contributed by atoms with E-state index >= 15 is 0 Å². The van der Waals surface area contributed by atoms with Crippen LogP contribution in [0.5, 0.6) is 0 Å². The van der Waals surface area contributed by atoms with Crippen molar-refractivity contribution >= 4 is 63.8 Å². The summed E-state index contributed by atoms with van der Waals surface area (Å²) in [7, 11) is 0. The zero-order valence-corrected chi connectivity index (χ0v) is 19.7. The molecular weight excluding hydrogens is 498 g/mol. The highest BCUT2D eigenvalue weighted by molar-refractivity contribution is 8.26. The van der Waals surface area contributed by atoms with Gasteiger partial charge in [0, 0.05) is 22.3 Å². The number of nitrogens with zero attached hydrogens (tertiary/aromatic N) is 3. The van der Waals surface area contributed by atoms with Crippen LogP contribution in [0.2, 0.25) is 5.02 Å². The van der Waals surface area contributed by atoms with E-state index < -0.39 is 30.3 Å². The fourth-order valence-corrected chi connectivity index (χ4v) is 4.86. The van der Waals surface area contributed by atoms with Gasteiger partial charge in [0.15, 0.2) is 0 Å². The number of carbonyl (C=O) groups is 3. The molecule has 1 saturated heterocycles. The predicted octanol–water partition coefficient (Wildman–Crippen LogP) is 4.32. The van der Waals surface area contributed by atoms with Gasteiger partial charge in [-0.25, -0.2) is 9.48 Å². The summed E-state index contributed by atoms with van der Waals surface area (Å²) in [5.41, 5.74) is 2.73. The van der Waals surface area contributed by atoms with Crippen LogP contribution in [0.4, 0.5) is 0 Å². The first-order valence-electron chi connectivity index (χ1n) is 9.87. The van der Waals surface area contributed by atoms with E-state index in [1.807, 2.05) is 30.3 Å². The molecule has 11 heteroatoms. The Morgan fingerprint density at radius 1 is 1.12 bits per heavy atom. The first-order chi connectivity index (χ1) is 16.2. The average molecular weight is 514 g/mol. The molecule has 1 fully saturated rings. The Labute approximate surface area is 208 Å². The van der Waals surface area contributed by atoms with Crippen molar-refractivity contribution in [3.8, 4) is 16.9 Å². The van der Waals surface area contributed by atoms with E-state index in [1.165, 1.54) is 0 Å². The monoisotopic (exact) mass is 513 g/mol. The van der Waals surface area contributed by atoms with Gasteiger partial charge in [0.05, 0.1) is 22.7 Å². The highest BCUT2D eigenvalue weighted by Crippen LogP contribution is 2.36. The quantitative estimate of drug-likeness (QED) is 0.355. The van der Waals surface area contributed by atoms with Gasteiger partial charge in [0.2, 0.25) is 0 Å².